The number of aromatic amines is 1. The first-order valence-electron chi connectivity index (χ1n) is 10.6. The van der Waals surface area contributed by atoms with Crippen molar-refractivity contribution < 1.29 is 9.53 Å². The molecule has 1 saturated heterocycles. The van der Waals surface area contributed by atoms with Gasteiger partial charge in [-0.1, -0.05) is 11.3 Å². The van der Waals surface area contributed by atoms with Gasteiger partial charge in [-0.05, 0) is 25.1 Å². The van der Waals surface area contributed by atoms with Gasteiger partial charge in [0.1, 0.15) is 22.8 Å². The second kappa shape index (κ2) is 9.12. The van der Waals surface area contributed by atoms with Gasteiger partial charge in [-0.25, -0.2) is 15.0 Å². The van der Waals surface area contributed by atoms with E-state index in [1.807, 2.05) is 36.1 Å². The molecule has 0 atom stereocenters. The van der Waals surface area contributed by atoms with Gasteiger partial charge in [0, 0.05) is 62.5 Å². The summed E-state index contributed by atoms with van der Waals surface area (Å²) in [5.74, 6) is 0.750. The Kier molecular flexibility index (Phi) is 5.88. The molecule has 1 fully saturated rings. The minimum atomic E-state index is 0.0322. The Bertz CT molecular complexity index is 1280. The third-order valence-corrected chi connectivity index (χ3v) is 6.49. The molecule has 0 unspecified atom stereocenters. The first-order chi connectivity index (χ1) is 16.1. The second-order valence-electron chi connectivity index (χ2n) is 7.77. The number of fused-ring (bicyclic) bond motifs is 1. The predicted molar refractivity (Wildman–Crippen MR) is 128 cm³/mol. The van der Waals surface area contributed by atoms with Crippen molar-refractivity contribution in [2.75, 3.05) is 50.1 Å². The third-order valence-electron chi connectivity index (χ3n) is 5.61. The first-order valence-corrected chi connectivity index (χ1v) is 11.4. The van der Waals surface area contributed by atoms with Crippen LogP contribution in [-0.4, -0.2) is 75.9 Å². The Hall–Kier alpha value is -3.57. The van der Waals surface area contributed by atoms with Crippen molar-refractivity contribution in [2.24, 2.45) is 0 Å². The zero-order chi connectivity index (χ0) is 22.8. The van der Waals surface area contributed by atoms with Crippen molar-refractivity contribution in [3.63, 3.8) is 0 Å². The summed E-state index contributed by atoms with van der Waals surface area (Å²) < 4.78 is 4.96. The number of thiazole rings is 1. The normalized spacial score (nSPS) is 14.1. The molecule has 2 N–H and O–H groups in total. The van der Waals surface area contributed by atoms with Crippen LogP contribution in [0.15, 0.2) is 36.7 Å². The molecule has 0 spiro atoms. The number of anilines is 3. The monoisotopic (exact) mass is 464 g/mol. The molecule has 11 heteroatoms. The fourth-order valence-corrected chi connectivity index (χ4v) is 4.70. The fraction of sp³-hybridized carbons (Fsp3) is 0.318. The smallest absolute Gasteiger partial charge is 0.248 e. The van der Waals surface area contributed by atoms with Crippen LogP contribution in [-0.2, 0) is 9.53 Å². The number of carbonyl (C=O) groups is 1. The van der Waals surface area contributed by atoms with Gasteiger partial charge in [0.05, 0.1) is 11.9 Å². The van der Waals surface area contributed by atoms with E-state index in [0.29, 0.717) is 13.1 Å². The molecule has 1 amide bonds. The average molecular weight is 465 g/mol. The molecule has 10 nitrogen and oxygen atoms in total. The Labute approximate surface area is 194 Å². The lowest BCUT2D eigenvalue weighted by molar-refractivity contribution is -0.135. The number of hydrogen-bond acceptors (Lipinski definition) is 9. The molecular weight excluding hydrogens is 440 g/mol. The van der Waals surface area contributed by atoms with Crippen molar-refractivity contribution in [1.29, 1.82) is 0 Å². The van der Waals surface area contributed by atoms with E-state index in [4.69, 9.17) is 9.72 Å². The summed E-state index contributed by atoms with van der Waals surface area (Å²) in [5, 5.41) is 11.1. The number of hydrogen-bond donors (Lipinski definition) is 2. The lowest BCUT2D eigenvalue weighted by Gasteiger charge is -2.36. The number of piperazine rings is 1. The Morgan fingerprint density at radius 2 is 2.06 bits per heavy atom. The topological polar surface area (TPSA) is 112 Å². The molecule has 0 radical (unpaired) electrons. The number of methoxy groups -OCH3 is 1. The standard InChI is InChI=1S/C22H24N8O2S/c1-14-16(12-24-28-14)17-3-4-18-21(25-17)33-22(26-18)27-19-11-15(5-6-23-19)29-7-9-30(10-8-29)20(31)13-32-2/h3-6,11-12H,7-10,13H2,1-2H3,(H,24,28)(H,23,26,27). The van der Waals surface area contributed by atoms with Gasteiger partial charge < -0.3 is 19.9 Å². The molecule has 170 valence electrons. The molecule has 5 rings (SSSR count). The second-order valence-corrected chi connectivity index (χ2v) is 8.75. The van der Waals surface area contributed by atoms with E-state index in [0.717, 1.165) is 57.0 Å². The van der Waals surface area contributed by atoms with Crippen LogP contribution in [0.1, 0.15) is 5.69 Å². The first kappa shape index (κ1) is 21.3. The lowest BCUT2D eigenvalue weighted by atomic mass is 10.2. The van der Waals surface area contributed by atoms with Crippen LogP contribution < -0.4 is 10.2 Å². The predicted octanol–water partition coefficient (Wildman–Crippen LogP) is 2.82. The third kappa shape index (κ3) is 4.50. The highest BCUT2D eigenvalue weighted by Gasteiger charge is 2.21. The summed E-state index contributed by atoms with van der Waals surface area (Å²) in [5.41, 5.74) is 4.73. The van der Waals surface area contributed by atoms with Crippen molar-refractivity contribution >= 4 is 44.2 Å². The molecule has 4 aromatic heterocycles. The molecule has 0 aromatic carbocycles. The molecule has 33 heavy (non-hydrogen) atoms. The van der Waals surface area contributed by atoms with E-state index in [-0.39, 0.29) is 12.5 Å². The summed E-state index contributed by atoms with van der Waals surface area (Å²) in [6.45, 7) is 4.98. The summed E-state index contributed by atoms with van der Waals surface area (Å²) in [6, 6.07) is 7.92. The molecule has 0 aliphatic carbocycles. The fourth-order valence-electron chi connectivity index (χ4n) is 3.85. The Morgan fingerprint density at radius 3 is 2.82 bits per heavy atom. The minimum Gasteiger partial charge on any atom is -0.375 e. The van der Waals surface area contributed by atoms with E-state index in [2.05, 4.69) is 30.4 Å². The summed E-state index contributed by atoms with van der Waals surface area (Å²) in [4.78, 5) is 30.8. The zero-order valence-electron chi connectivity index (χ0n) is 18.4. The van der Waals surface area contributed by atoms with Crippen LogP contribution in [0, 0.1) is 6.92 Å². The van der Waals surface area contributed by atoms with Gasteiger partial charge in [-0.2, -0.15) is 5.10 Å². The lowest BCUT2D eigenvalue weighted by Crippen LogP contribution is -2.49. The molecular formula is C22H24N8O2S. The average Bonchev–Trinajstić information content (AvgIpc) is 3.44. The number of rotatable bonds is 6. The Morgan fingerprint density at radius 1 is 1.21 bits per heavy atom. The van der Waals surface area contributed by atoms with Crippen molar-refractivity contribution in [2.45, 2.75) is 6.92 Å². The van der Waals surface area contributed by atoms with Crippen molar-refractivity contribution in [3.8, 4) is 11.3 Å². The number of H-pyrrole nitrogens is 1. The van der Waals surface area contributed by atoms with E-state index >= 15 is 0 Å². The number of nitrogens with one attached hydrogen (secondary N) is 2. The number of carbonyl (C=O) groups excluding carboxylic acids is 1. The van der Waals surface area contributed by atoms with Crippen molar-refractivity contribution in [1.82, 2.24) is 30.0 Å². The molecule has 0 bridgehead atoms. The number of pyridine rings is 2. The molecule has 1 aliphatic rings. The molecule has 4 aromatic rings. The van der Waals surface area contributed by atoms with Crippen LogP contribution >= 0.6 is 11.3 Å². The summed E-state index contributed by atoms with van der Waals surface area (Å²) >= 11 is 1.49. The van der Waals surface area contributed by atoms with Gasteiger partial charge in [0.25, 0.3) is 0 Å². The van der Waals surface area contributed by atoms with Crippen LogP contribution in [0.2, 0.25) is 0 Å². The number of aromatic nitrogens is 5. The molecule has 5 heterocycles. The van der Waals surface area contributed by atoms with Gasteiger partial charge in [-0.3, -0.25) is 9.89 Å². The van der Waals surface area contributed by atoms with E-state index in [1.165, 1.54) is 11.3 Å². The maximum atomic E-state index is 12.0. The quantitative estimate of drug-likeness (QED) is 0.448. The molecule has 0 saturated carbocycles. The van der Waals surface area contributed by atoms with Crippen molar-refractivity contribution in [3.05, 3.63) is 42.4 Å². The number of ether oxygens (including phenoxy) is 1. The van der Waals surface area contributed by atoms with Crippen LogP contribution in [0.4, 0.5) is 16.6 Å². The number of amides is 1. The largest absolute Gasteiger partial charge is 0.375 e. The van der Waals surface area contributed by atoms with Crippen LogP contribution in [0.5, 0.6) is 0 Å². The SMILES string of the molecule is COCC(=O)N1CCN(c2ccnc(Nc3nc4ccc(-c5cn[nH]c5C)nc4s3)c2)CC1. The van der Waals surface area contributed by atoms with E-state index < -0.39 is 0 Å². The van der Waals surface area contributed by atoms with E-state index in [1.54, 1.807) is 19.5 Å². The van der Waals surface area contributed by atoms with Gasteiger partial charge in [0.15, 0.2) is 5.13 Å². The van der Waals surface area contributed by atoms with Crippen LogP contribution in [0.3, 0.4) is 0 Å². The van der Waals surface area contributed by atoms with Crippen LogP contribution in [0.25, 0.3) is 21.6 Å². The summed E-state index contributed by atoms with van der Waals surface area (Å²) in [6.07, 6.45) is 3.57. The molecule has 1 aliphatic heterocycles. The maximum Gasteiger partial charge on any atom is 0.248 e. The minimum absolute atomic E-state index is 0.0322. The highest BCUT2D eigenvalue weighted by Crippen LogP contribution is 2.30. The highest BCUT2D eigenvalue weighted by molar-refractivity contribution is 7.21. The maximum absolute atomic E-state index is 12.0. The van der Waals surface area contributed by atoms with Gasteiger partial charge in [-0.15, -0.1) is 0 Å². The van der Waals surface area contributed by atoms with Gasteiger partial charge >= 0.3 is 0 Å². The number of nitrogens with zero attached hydrogens (tertiary/aromatic N) is 6. The Balaban J connectivity index is 1.29. The highest BCUT2D eigenvalue weighted by atomic mass is 32.1. The number of aryl methyl sites for hydroxylation is 1. The van der Waals surface area contributed by atoms with Gasteiger partial charge in [0.2, 0.25) is 5.91 Å². The summed E-state index contributed by atoms with van der Waals surface area (Å²) in [7, 11) is 1.54. The zero-order valence-corrected chi connectivity index (χ0v) is 19.2. The van der Waals surface area contributed by atoms with E-state index in [9.17, 15) is 4.79 Å².